The van der Waals surface area contributed by atoms with Crippen molar-refractivity contribution in [3.05, 3.63) is 35.9 Å². The van der Waals surface area contributed by atoms with Crippen LogP contribution in [0.3, 0.4) is 0 Å². The minimum atomic E-state index is 0. The summed E-state index contributed by atoms with van der Waals surface area (Å²) in [5.74, 6) is 1.20. The number of halogens is 1. The monoisotopic (exact) mass is 326 g/mol. The fourth-order valence-electron chi connectivity index (χ4n) is 2.07. The van der Waals surface area contributed by atoms with Gasteiger partial charge in [-0.3, -0.25) is 4.79 Å². The second-order valence-electron chi connectivity index (χ2n) is 5.98. The molecule has 0 heterocycles. The van der Waals surface area contributed by atoms with E-state index in [0.29, 0.717) is 32.2 Å². The van der Waals surface area contributed by atoms with Gasteiger partial charge in [0.25, 0.3) is 0 Å². The summed E-state index contributed by atoms with van der Waals surface area (Å²) in [7, 11) is 0. The Kier molecular flexibility index (Phi) is 9.13. The standard InChI is InChI=1S/C17H26N2O2.ClH/c1-14(12-21-13-16-5-3-2-4-6-16)9-19-17(20)11-18-10-15-7-8-15;/h2-6,14-15,18H,7-13H2,1H3,(H,19,20);1H. The highest BCUT2D eigenvalue weighted by Gasteiger charge is 2.20. The maximum atomic E-state index is 11.6. The second-order valence-corrected chi connectivity index (χ2v) is 5.98. The number of rotatable bonds is 10. The molecule has 4 nitrogen and oxygen atoms in total. The molecule has 0 spiro atoms. The lowest BCUT2D eigenvalue weighted by Gasteiger charge is -2.13. The summed E-state index contributed by atoms with van der Waals surface area (Å²) in [6, 6.07) is 10.1. The van der Waals surface area contributed by atoms with E-state index in [4.69, 9.17) is 4.74 Å². The summed E-state index contributed by atoms with van der Waals surface area (Å²) in [6.45, 7) is 5.44. The fourth-order valence-corrected chi connectivity index (χ4v) is 2.07. The maximum absolute atomic E-state index is 11.6. The molecule has 1 aromatic rings. The van der Waals surface area contributed by atoms with Crippen molar-refractivity contribution in [1.29, 1.82) is 0 Å². The van der Waals surface area contributed by atoms with Gasteiger partial charge < -0.3 is 15.4 Å². The van der Waals surface area contributed by atoms with E-state index in [1.165, 1.54) is 18.4 Å². The largest absolute Gasteiger partial charge is 0.376 e. The zero-order valence-electron chi connectivity index (χ0n) is 13.2. The van der Waals surface area contributed by atoms with Crippen LogP contribution in [0.2, 0.25) is 0 Å². The third-order valence-corrected chi connectivity index (χ3v) is 3.58. The highest BCUT2D eigenvalue weighted by Crippen LogP contribution is 2.27. The molecular formula is C17H27ClN2O2. The Morgan fingerprint density at radius 3 is 2.73 bits per heavy atom. The number of carbonyl (C=O) groups is 1. The molecule has 1 atom stereocenters. The molecule has 1 amide bonds. The Morgan fingerprint density at radius 2 is 2.05 bits per heavy atom. The molecule has 1 unspecified atom stereocenters. The van der Waals surface area contributed by atoms with Crippen LogP contribution >= 0.6 is 12.4 Å². The van der Waals surface area contributed by atoms with Crippen LogP contribution in [0, 0.1) is 11.8 Å². The molecule has 5 heteroatoms. The Labute approximate surface area is 139 Å². The van der Waals surface area contributed by atoms with E-state index in [-0.39, 0.29) is 18.3 Å². The summed E-state index contributed by atoms with van der Waals surface area (Å²) in [4.78, 5) is 11.6. The number of ether oxygens (including phenoxy) is 1. The maximum Gasteiger partial charge on any atom is 0.233 e. The molecule has 22 heavy (non-hydrogen) atoms. The average Bonchev–Trinajstić information content (AvgIpc) is 3.30. The Hall–Kier alpha value is -1.10. The van der Waals surface area contributed by atoms with Gasteiger partial charge in [-0.1, -0.05) is 37.3 Å². The minimum Gasteiger partial charge on any atom is -0.376 e. The zero-order chi connectivity index (χ0) is 14.9. The van der Waals surface area contributed by atoms with E-state index >= 15 is 0 Å². The van der Waals surface area contributed by atoms with Crippen molar-refractivity contribution < 1.29 is 9.53 Å². The Balaban J connectivity index is 0.00000242. The molecule has 1 aliphatic carbocycles. The van der Waals surface area contributed by atoms with E-state index in [1.54, 1.807) is 0 Å². The van der Waals surface area contributed by atoms with Gasteiger partial charge in [0.15, 0.2) is 0 Å². The first-order valence-corrected chi connectivity index (χ1v) is 7.83. The van der Waals surface area contributed by atoms with Gasteiger partial charge in [-0.25, -0.2) is 0 Å². The van der Waals surface area contributed by atoms with Crippen LogP contribution in [0.15, 0.2) is 30.3 Å². The van der Waals surface area contributed by atoms with E-state index in [0.717, 1.165) is 12.5 Å². The number of hydrogen-bond donors (Lipinski definition) is 2. The SMILES string of the molecule is CC(CNC(=O)CNCC1CC1)COCc1ccccc1.Cl. The van der Waals surface area contributed by atoms with E-state index in [9.17, 15) is 4.79 Å². The van der Waals surface area contributed by atoms with Crippen molar-refractivity contribution in [2.24, 2.45) is 11.8 Å². The second kappa shape index (κ2) is 10.6. The molecule has 0 aromatic heterocycles. The Morgan fingerprint density at radius 1 is 1.32 bits per heavy atom. The van der Waals surface area contributed by atoms with Gasteiger partial charge >= 0.3 is 0 Å². The Bertz CT molecular complexity index is 424. The quantitative estimate of drug-likeness (QED) is 0.694. The lowest BCUT2D eigenvalue weighted by atomic mass is 10.2. The first kappa shape index (κ1) is 18.9. The molecule has 1 saturated carbocycles. The predicted molar refractivity (Wildman–Crippen MR) is 91.1 cm³/mol. The average molecular weight is 327 g/mol. The first-order valence-electron chi connectivity index (χ1n) is 7.83. The lowest BCUT2D eigenvalue weighted by molar-refractivity contribution is -0.120. The summed E-state index contributed by atoms with van der Waals surface area (Å²) in [5.41, 5.74) is 1.18. The van der Waals surface area contributed by atoms with Crippen molar-refractivity contribution in [2.75, 3.05) is 26.2 Å². The predicted octanol–water partition coefficient (Wildman–Crippen LogP) is 2.38. The number of nitrogens with one attached hydrogen (secondary N) is 2. The van der Waals surface area contributed by atoms with Gasteiger partial charge in [-0.05, 0) is 36.8 Å². The summed E-state index contributed by atoms with van der Waals surface area (Å²) in [6.07, 6.45) is 2.62. The van der Waals surface area contributed by atoms with Crippen LogP contribution < -0.4 is 10.6 Å². The fraction of sp³-hybridized carbons (Fsp3) is 0.588. The smallest absolute Gasteiger partial charge is 0.233 e. The van der Waals surface area contributed by atoms with Crippen molar-refractivity contribution in [3.63, 3.8) is 0 Å². The topological polar surface area (TPSA) is 50.4 Å². The number of amides is 1. The van der Waals surface area contributed by atoms with Crippen LogP contribution in [-0.2, 0) is 16.1 Å². The van der Waals surface area contributed by atoms with Gasteiger partial charge in [-0.2, -0.15) is 0 Å². The molecule has 124 valence electrons. The normalized spacial score (nSPS) is 15.0. The zero-order valence-corrected chi connectivity index (χ0v) is 14.0. The van der Waals surface area contributed by atoms with Crippen molar-refractivity contribution in [2.45, 2.75) is 26.4 Å². The van der Waals surface area contributed by atoms with E-state index < -0.39 is 0 Å². The van der Waals surface area contributed by atoms with Crippen LogP contribution in [0.1, 0.15) is 25.3 Å². The van der Waals surface area contributed by atoms with Crippen molar-refractivity contribution in [1.82, 2.24) is 10.6 Å². The first-order chi connectivity index (χ1) is 10.2. The van der Waals surface area contributed by atoms with Gasteiger partial charge in [0.05, 0.1) is 19.8 Å². The minimum absolute atomic E-state index is 0. The highest BCUT2D eigenvalue weighted by atomic mass is 35.5. The van der Waals surface area contributed by atoms with Gasteiger partial charge in [0.2, 0.25) is 5.91 Å². The van der Waals surface area contributed by atoms with Crippen LogP contribution in [0.25, 0.3) is 0 Å². The molecule has 0 bridgehead atoms. The summed E-state index contributed by atoms with van der Waals surface area (Å²) in [5, 5.41) is 6.14. The van der Waals surface area contributed by atoms with Crippen LogP contribution in [0.4, 0.5) is 0 Å². The molecule has 0 saturated heterocycles. The van der Waals surface area contributed by atoms with Crippen molar-refractivity contribution >= 4 is 18.3 Å². The number of benzene rings is 1. The number of hydrogen-bond acceptors (Lipinski definition) is 3. The van der Waals surface area contributed by atoms with E-state index in [2.05, 4.69) is 29.7 Å². The van der Waals surface area contributed by atoms with Gasteiger partial charge in [0.1, 0.15) is 0 Å². The molecule has 0 aliphatic heterocycles. The molecule has 1 aromatic carbocycles. The molecule has 2 rings (SSSR count). The summed E-state index contributed by atoms with van der Waals surface area (Å²) >= 11 is 0. The van der Waals surface area contributed by atoms with Gasteiger partial charge in [0, 0.05) is 6.54 Å². The molecule has 1 fully saturated rings. The third-order valence-electron chi connectivity index (χ3n) is 3.58. The third kappa shape index (κ3) is 8.37. The van der Waals surface area contributed by atoms with E-state index in [1.807, 2.05) is 18.2 Å². The lowest BCUT2D eigenvalue weighted by Crippen LogP contribution is -2.37. The molecule has 0 radical (unpaired) electrons. The molecule has 2 N–H and O–H groups in total. The number of carbonyl (C=O) groups excluding carboxylic acids is 1. The van der Waals surface area contributed by atoms with Crippen molar-refractivity contribution in [3.8, 4) is 0 Å². The van der Waals surface area contributed by atoms with Gasteiger partial charge in [-0.15, -0.1) is 12.4 Å². The molecular weight excluding hydrogens is 300 g/mol. The molecule has 1 aliphatic rings. The summed E-state index contributed by atoms with van der Waals surface area (Å²) < 4.78 is 5.67. The van der Waals surface area contributed by atoms with Crippen LogP contribution in [-0.4, -0.2) is 32.1 Å². The van der Waals surface area contributed by atoms with Crippen LogP contribution in [0.5, 0.6) is 0 Å². The highest BCUT2D eigenvalue weighted by molar-refractivity contribution is 5.85.